The van der Waals surface area contributed by atoms with Gasteiger partial charge in [-0.1, -0.05) is 11.3 Å². The van der Waals surface area contributed by atoms with Crippen LogP contribution < -0.4 is 19.1 Å². The average Bonchev–Trinajstić information content (AvgIpc) is 3.28. The number of aromatic nitrogens is 1. The van der Waals surface area contributed by atoms with Crippen LogP contribution in [0.25, 0.3) is 10.2 Å². The Bertz CT molecular complexity index is 1010. The summed E-state index contributed by atoms with van der Waals surface area (Å²) in [6, 6.07) is 11.6. The number of rotatable bonds is 7. The molecule has 0 unspecified atom stereocenters. The molecule has 1 aliphatic heterocycles. The second-order valence-electron chi connectivity index (χ2n) is 6.98. The highest BCUT2D eigenvalue weighted by Crippen LogP contribution is 2.40. The van der Waals surface area contributed by atoms with Gasteiger partial charge in [0, 0.05) is 31.1 Å². The molecule has 9 heteroatoms. The highest BCUT2D eigenvalue weighted by Gasteiger charge is 2.24. The lowest BCUT2D eigenvalue weighted by atomic mass is 10.3. The van der Waals surface area contributed by atoms with Crippen LogP contribution in [-0.2, 0) is 4.79 Å². The fraction of sp³-hybridized carbons (Fsp3) is 0.364. The number of ether oxygens (including phenoxy) is 3. The van der Waals surface area contributed by atoms with Crippen molar-refractivity contribution >= 4 is 44.4 Å². The standard InChI is InChI=1S/C22H25N3O4S2/c1-27-15-4-6-16(7-5-15)30-14-19(26)24-10-12-25(13-11-24)22-23-20-17(28-2)8-9-18(29-3)21(20)31-22/h4-9H,10-14H2,1-3H3. The molecule has 1 aromatic heterocycles. The average molecular weight is 460 g/mol. The van der Waals surface area contributed by atoms with Crippen molar-refractivity contribution in [3.05, 3.63) is 36.4 Å². The largest absolute Gasteiger partial charge is 0.497 e. The first kappa shape index (κ1) is 21.6. The smallest absolute Gasteiger partial charge is 0.233 e. The number of hydrogen-bond donors (Lipinski definition) is 0. The molecule has 7 nitrogen and oxygen atoms in total. The third kappa shape index (κ3) is 4.67. The van der Waals surface area contributed by atoms with Crippen LogP contribution in [-0.4, -0.2) is 69.1 Å². The highest BCUT2D eigenvalue weighted by atomic mass is 32.2. The number of amides is 1. The maximum Gasteiger partial charge on any atom is 0.233 e. The van der Waals surface area contributed by atoms with E-state index in [1.807, 2.05) is 41.3 Å². The molecular formula is C22H25N3O4S2. The molecule has 4 rings (SSSR count). The van der Waals surface area contributed by atoms with E-state index in [-0.39, 0.29) is 5.91 Å². The fourth-order valence-electron chi connectivity index (χ4n) is 3.47. The van der Waals surface area contributed by atoms with E-state index in [0.29, 0.717) is 18.8 Å². The molecule has 0 radical (unpaired) electrons. The Morgan fingerprint density at radius 1 is 0.968 bits per heavy atom. The van der Waals surface area contributed by atoms with Gasteiger partial charge < -0.3 is 24.0 Å². The number of carbonyl (C=O) groups is 1. The first-order valence-electron chi connectivity index (χ1n) is 9.94. The summed E-state index contributed by atoms with van der Waals surface area (Å²) in [5.41, 5.74) is 0.816. The Hall–Kier alpha value is -2.65. The van der Waals surface area contributed by atoms with Crippen molar-refractivity contribution in [3.63, 3.8) is 0 Å². The molecule has 1 aliphatic rings. The Balaban J connectivity index is 1.36. The van der Waals surface area contributed by atoms with Gasteiger partial charge in [-0.15, -0.1) is 11.8 Å². The fourth-order valence-corrected chi connectivity index (χ4v) is 5.39. The normalized spacial score (nSPS) is 14.0. The molecule has 2 aromatic carbocycles. The zero-order valence-electron chi connectivity index (χ0n) is 17.8. The van der Waals surface area contributed by atoms with Crippen LogP contribution in [0.2, 0.25) is 0 Å². The molecule has 0 saturated carbocycles. The second kappa shape index (κ2) is 9.65. The van der Waals surface area contributed by atoms with Crippen LogP contribution >= 0.6 is 23.1 Å². The zero-order valence-corrected chi connectivity index (χ0v) is 19.4. The van der Waals surface area contributed by atoms with E-state index in [1.165, 1.54) is 0 Å². The number of benzene rings is 2. The van der Waals surface area contributed by atoms with Crippen molar-refractivity contribution in [3.8, 4) is 17.2 Å². The van der Waals surface area contributed by atoms with E-state index < -0.39 is 0 Å². The summed E-state index contributed by atoms with van der Waals surface area (Å²) in [6.07, 6.45) is 0. The van der Waals surface area contributed by atoms with Gasteiger partial charge in [-0.2, -0.15) is 0 Å². The quantitative estimate of drug-likeness (QED) is 0.499. The number of thioether (sulfide) groups is 1. The van der Waals surface area contributed by atoms with Crippen LogP contribution in [0.1, 0.15) is 0 Å². The number of nitrogens with zero attached hydrogens (tertiary/aromatic N) is 3. The minimum absolute atomic E-state index is 0.160. The van der Waals surface area contributed by atoms with E-state index >= 15 is 0 Å². The van der Waals surface area contributed by atoms with Crippen molar-refractivity contribution in [2.75, 3.05) is 58.2 Å². The Morgan fingerprint density at radius 2 is 1.65 bits per heavy atom. The lowest BCUT2D eigenvalue weighted by Gasteiger charge is -2.34. The van der Waals surface area contributed by atoms with Crippen LogP contribution in [0.5, 0.6) is 17.2 Å². The van der Waals surface area contributed by atoms with Gasteiger partial charge in [0.05, 0.1) is 27.1 Å². The van der Waals surface area contributed by atoms with Crippen LogP contribution in [0, 0.1) is 0 Å². The Kier molecular flexibility index (Phi) is 6.72. The van der Waals surface area contributed by atoms with Gasteiger partial charge in [-0.3, -0.25) is 4.79 Å². The number of hydrogen-bond acceptors (Lipinski definition) is 8. The summed E-state index contributed by atoms with van der Waals surface area (Å²) >= 11 is 3.15. The SMILES string of the molecule is COc1ccc(SCC(=O)N2CCN(c3nc4c(OC)ccc(OC)c4s3)CC2)cc1. The van der Waals surface area contributed by atoms with Gasteiger partial charge in [0.15, 0.2) is 5.13 Å². The van der Waals surface area contributed by atoms with Crippen molar-refractivity contribution in [1.29, 1.82) is 0 Å². The molecule has 31 heavy (non-hydrogen) atoms. The predicted molar refractivity (Wildman–Crippen MR) is 125 cm³/mol. The van der Waals surface area contributed by atoms with Gasteiger partial charge in [-0.25, -0.2) is 4.98 Å². The molecule has 0 bridgehead atoms. The molecule has 164 valence electrons. The topological polar surface area (TPSA) is 64.1 Å². The minimum atomic E-state index is 0.160. The molecule has 1 saturated heterocycles. The monoisotopic (exact) mass is 459 g/mol. The van der Waals surface area contributed by atoms with E-state index in [2.05, 4.69) is 4.90 Å². The third-order valence-corrected chi connectivity index (χ3v) is 7.35. The Labute approximate surface area is 189 Å². The first-order chi connectivity index (χ1) is 15.1. The number of carbonyl (C=O) groups excluding carboxylic acids is 1. The Morgan fingerprint density at radius 3 is 2.29 bits per heavy atom. The molecule has 0 aliphatic carbocycles. The van der Waals surface area contributed by atoms with Gasteiger partial charge in [0.25, 0.3) is 0 Å². The van der Waals surface area contributed by atoms with Crippen LogP contribution in [0.15, 0.2) is 41.3 Å². The maximum atomic E-state index is 12.7. The number of fused-ring (bicyclic) bond motifs is 1. The van der Waals surface area contributed by atoms with Gasteiger partial charge in [0.1, 0.15) is 27.5 Å². The summed E-state index contributed by atoms with van der Waals surface area (Å²) in [4.78, 5) is 22.7. The van der Waals surface area contributed by atoms with Crippen LogP contribution in [0.3, 0.4) is 0 Å². The van der Waals surface area contributed by atoms with E-state index in [0.717, 1.165) is 50.6 Å². The van der Waals surface area contributed by atoms with E-state index in [4.69, 9.17) is 19.2 Å². The number of thiazole rings is 1. The molecule has 0 spiro atoms. The summed E-state index contributed by atoms with van der Waals surface area (Å²) in [5.74, 6) is 2.94. The van der Waals surface area contributed by atoms with Crippen molar-refractivity contribution in [2.45, 2.75) is 4.90 Å². The molecule has 3 aromatic rings. The van der Waals surface area contributed by atoms with Gasteiger partial charge in [-0.05, 0) is 36.4 Å². The molecule has 2 heterocycles. The number of piperazine rings is 1. The molecule has 0 atom stereocenters. The first-order valence-corrected chi connectivity index (χ1v) is 11.7. The summed E-state index contributed by atoms with van der Waals surface area (Å²) in [6.45, 7) is 2.88. The lowest BCUT2D eigenvalue weighted by Crippen LogP contribution is -2.49. The van der Waals surface area contributed by atoms with Crippen LogP contribution in [0.4, 0.5) is 5.13 Å². The number of anilines is 1. The molecule has 0 N–H and O–H groups in total. The third-order valence-electron chi connectivity index (χ3n) is 5.22. The molecule has 1 fully saturated rings. The van der Waals surface area contributed by atoms with Crippen molar-refractivity contribution in [1.82, 2.24) is 9.88 Å². The second-order valence-corrected chi connectivity index (χ2v) is 9.00. The van der Waals surface area contributed by atoms with Gasteiger partial charge in [0.2, 0.25) is 5.91 Å². The van der Waals surface area contributed by atoms with Gasteiger partial charge >= 0.3 is 0 Å². The lowest BCUT2D eigenvalue weighted by molar-refractivity contribution is -0.128. The minimum Gasteiger partial charge on any atom is -0.497 e. The van der Waals surface area contributed by atoms with E-state index in [1.54, 1.807) is 44.4 Å². The van der Waals surface area contributed by atoms with E-state index in [9.17, 15) is 4.79 Å². The molecular weight excluding hydrogens is 434 g/mol. The van der Waals surface area contributed by atoms with Crippen molar-refractivity contribution < 1.29 is 19.0 Å². The van der Waals surface area contributed by atoms with Crippen molar-refractivity contribution in [2.24, 2.45) is 0 Å². The number of methoxy groups -OCH3 is 3. The maximum absolute atomic E-state index is 12.7. The summed E-state index contributed by atoms with van der Waals surface area (Å²) < 4.78 is 17.1. The molecule has 1 amide bonds. The summed E-state index contributed by atoms with van der Waals surface area (Å²) in [7, 11) is 4.95. The zero-order chi connectivity index (χ0) is 21.8. The summed E-state index contributed by atoms with van der Waals surface area (Å²) in [5, 5.41) is 0.928. The predicted octanol–water partition coefficient (Wildman–Crippen LogP) is 3.76. The highest BCUT2D eigenvalue weighted by molar-refractivity contribution is 8.00.